The number of piperidine rings is 1. The van der Waals surface area contributed by atoms with Crippen molar-refractivity contribution in [2.24, 2.45) is 5.92 Å². The molecule has 2 aromatic carbocycles. The molecule has 1 aliphatic heterocycles. The van der Waals surface area contributed by atoms with E-state index in [4.69, 9.17) is 16.3 Å². The molecule has 1 aromatic heterocycles. The third-order valence-electron chi connectivity index (χ3n) is 5.26. The summed E-state index contributed by atoms with van der Waals surface area (Å²) < 4.78 is 5.16. The number of carbonyl (C=O) groups is 1. The molecule has 0 radical (unpaired) electrons. The minimum absolute atomic E-state index is 0.0187. The summed E-state index contributed by atoms with van der Waals surface area (Å²) in [5, 5.41) is 12.2. The van der Waals surface area contributed by atoms with Crippen molar-refractivity contribution in [3.63, 3.8) is 0 Å². The van der Waals surface area contributed by atoms with Gasteiger partial charge in [-0.2, -0.15) is 0 Å². The van der Waals surface area contributed by atoms with Crippen molar-refractivity contribution < 1.29 is 9.53 Å². The van der Waals surface area contributed by atoms with Gasteiger partial charge in [-0.15, -0.1) is 10.2 Å². The molecule has 6 nitrogen and oxygen atoms in total. The van der Waals surface area contributed by atoms with E-state index in [0.717, 1.165) is 36.5 Å². The Bertz CT molecular complexity index is 1010. The topological polar surface area (TPSA) is 67.3 Å². The Morgan fingerprint density at radius 1 is 1.13 bits per heavy atom. The van der Waals surface area contributed by atoms with Crippen molar-refractivity contribution >= 4 is 29.0 Å². The number of carbonyl (C=O) groups excluding carboxylic acids is 1. The Kier molecular flexibility index (Phi) is 6.14. The zero-order chi connectivity index (χ0) is 20.9. The maximum atomic E-state index is 12.8. The van der Waals surface area contributed by atoms with Crippen molar-refractivity contribution in [2.45, 2.75) is 12.8 Å². The fourth-order valence-electron chi connectivity index (χ4n) is 3.64. The molecule has 4 rings (SSSR count). The minimum atomic E-state index is -0.129. The summed E-state index contributed by atoms with van der Waals surface area (Å²) in [4.78, 5) is 14.9. The second-order valence-corrected chi connectivity index (χ2v) is 7.67. The van der Waals surface area contributed by atoms with E-state index in [0.29, 0.717) is 23.0 Å². The number of hydrogen-bond donors (Lipinski definition) is 1. The minimum Gasteiger partial charge on any atom is -0.495 e. The van der Waals surface area contributed by atoms with Crippen LogP contribution in [0.15, 0.2) is 60.7 Å². The molecule has 1 atom stereocenters. The van der Waals surface area contributed by atoms with Crippen LogP contribution in [0.2, 0.25) is 5.02 Å². The Morgan fingerprint density at radius 3 is 2.67 bits per heavy atom. The van der Waals surface area contributed by atoms with Gasteiger partial charge in [-0.25, -0.2) is 0 Å². The van der Waals surface area contributed by atoms with Crippen molar-refractivity contribution in [3.05, 3.63) is 65.7 Å². The first-order valence-electron chi connectivity index (χ1n) is 9.92. The maximum Gasteiger partial charge on any atom is 0.229 e. The van der Waals surface area contributed by atoms with Crippen molar-refractivity contribution in [1.82, 2.24) is 10.2 Å². The van der Waals surface area contributed by atoms with Crippen LogP contribution in [-0.2, 0) is 4.79 Å². The molecule has 154 valence electrons. The number of aromatic nitrogens is 2. The molecule has 0 spiro atoms. The standard InChI is InChI=1S/C23H23ClN4O2/c1-30-21-11-9-18(14-19(21)24)25-23(29)17-8-5-13-28(15-17)22-12-10-20(26-27-22)16-6-3-2-4-7-16/h2-4,6-7,9-12,14,17H,5,8,13,15H2,1H3,(H,25,29). The second kappa shape index (κ2) is 9.13. The molecule has 3 aromatic rings. The molecule has 1 fully saturated rings. The number of methoxy groups -OCH3 is 1. The van der Waals surface area contributed by atoms with E-state index in [1.165, 1.54) is 0 Å². The Labute approximate surface area is 180 Å². The van der Waals surface area contributed by atoms with Gasteiger partial charge in [0.2, 0.25) is 5.91 Å². The first-order valence-corrected chi connectivity index (χ1v) is 10.3. The smallest absolute Gasteiger partial charge is 0.229 e. The first kappa shape index (κ1) is 20.2. The van der Waals surface area contributed by atoms with Crippen LogP contribution in [0, 0.1) is 5.92 Å². The highest BCUT2D eigenvalue weighted by atomic mass is 35.5. The van der Waals surface area contributed by atoms with Gasteiger partial charge in [-0.1, -0.05) is 41.9 Å². The molecule has 0 aliphatic carbocycles. The van der Waals surface area contributed by atoms with Gasteiger partial charge in [-0.05, 0) is 43.2 Å². The average Bonchev–Trinajstić information content (AvgIpc) is 2.80. The quantitative estimate of drug-likeness (QED) is 0.647. The van der Waals surface area contributed by atoms with E-state index in [1.54, 1.807) is 25.3 Å². The summed E-state index contributed by atoms with van der Waals surface area (Å²) in [5.41, 5.74) is 2.53. The molecule has 7 heteroatoms. The van der Waals surface area contributed by atoms with Crippen molar-refractivity contribution in [1.29, 1.82) is 0 Å². The lowest BCUT2D eigenvalue weighted by molar-refractivity contribution is -0.120. The molecule has 0 bridgehead atoms. The number of nitrogens with one attached hydrogen (secondary N) is 1. The molecule has 1 saturated heterocycles. The SMILES string of the molecule is COc1ccc(NC(=O)C2CCCN(c3ccc(-c4ccccc4)nn3)C2)cc1Cl. The highest BCUT2D eigenvalue weighted by molar-refractivity contribution is 6.32. The maximum absolute atomic E-state index is 12.8. The monoisotopic (exact) mass is 422 g/mol. The van der Waals surface area contributed by atoms with Gasteiger partial charge in [0, 0.05) is 24.3 Å². The average molecular weight is 423 g/mol. The van der Waals surface area contributed by atoms with Gasteiger partial charge >= 0.3 is 0 Å². The van der Waals surface area contributed by atoms with Crippen LogP contribution in [0.5, 0.6) is 5.75 Å². The normalized spacial score (nSPS) is 16.2. The zero-order valence-electron chi connectivity index (χ0n) is 16.7. The molecule has 2 heterocycles. The number of nitrogens with zero attached hydrogens (tertiary/aromatic N) is 3. The Hall–Kier alpha value is -3.12. The predicted molar refractivity (Wildman–Crippen MR) is 119 cm³/mol. The van der Waals surface area contributed by atoms with Gasteiger partial charge in [0.15, 0.2) is 5.82 Å². The van der Waals surface area contributed by atoms with Gasteiger partial charge in [0.05, 0.1) is 23.7 Å². The summed E-state index contributed by atoms with van der Waals surface area (Å²) in [5.74, 6) is 1.22. The molecule has 1 N–H and O–H groups in total. The van der Waals surface area contributed by atoms with E-state index in [9.17, 15) is 4.79 Å². The van der Waals surface area contributed by atoms with E-state index in [-0.39, 0.29) is 11.8 Å². The van der Waals surface area contributed by atoms with Crippen LogP contribution in [0.3, 0.4) is 0 Å². The van der Waals surface area contributed by atoms with Crippen LogP contribution >= 0.6 is 11.6 Å². The van der Waals surface area contributed by atoms with Crippen molar-refractivity contribution in [2.75, 3.05) is 30.4 Å². The number of halogens is 1. The molecule has 1 aliphatic rings. The lowest BCUT2D eigenvalue weighted by Crippen LogP contribution is -2.41. The summed E-state index contributed by atoms with van der Waals surface area (Å²) in [6, 6.07) is 19.1. The Morgan fingerprint density at radius 2 is 1.97 bits per heavy atom. The van der Waals surface area contributed by atoms with E-state index < -0.39 is 0 Å². The number of rotatable bonds is 5. The Balaban J connectivity index is 1.41. The van der Waals surface area contributed by atoms with Crippen LogP contribution in [0.4, 0.5) is 11.5 Å². The van der Waals surface area contributed by atoms with E-state index in [1.807, 2.05) is 42.5 Å². The molecule has 0 saturated carbocycles. The summed E-state index contributed by atoms with van der Waals surface area (Å²) >= 11 is 6.16. The lowest BCUT2D eigenvalue weighted by atomic mass is 9.97. The number of hydrogen-bond acceptors (Lipinski definition) is 5. The molecular formula is C23H23ClN4O2. The fourth-order valence-corrected chi connectivity index (χ4v) is 3.90. The van der Waals surface area contributed by atoms with Gasteiger partial charge in [0.25, 0.3) is 0 Å². The number of anilines is 2. The molecular weight excluding hydrogens is 400 g/mol. The summed E-state index contributed by atoms with van der Waals surface area (Å²) in [6.07, 6.45) is 1.76. The first-order chi connectivity index (χ1) is 14.6. The number of ether oxygens (including phenoxy) is 1. The number of amides is 1. The highest BCUT2D eigenvalue weighted by Gasteiger charge is 2.27. The van der Waals surface area contributed by atoms with Crippen LogP contribution in [0.1, 0.15) is 12.8 Å². The highest BCUT2D eigenvalue weighted by Crippen LogP contribution is 2.28. The zero-order valence-corrected chi connectivity index (χ0v) is 17.5. The van der Waals surface area contributed by atoms with Crippen LogP contribution in [0.25, 0.3) is 11.3 Å². The lowest BCUT2D eigenvalue weighted by Gasteiger charge is -2.32. The second-order valence-electron chi connectivity index (χ2n) is 7.27. The molecule has 30 heavy (non-hydrogen) atoms. The van der Waals surface area contributed by atoms with E-state index in [2.05, 4.69) is 20.4 Å². The van der Waals surface area contributed by atoms with Crippen LogP contribution in [-0.4, -0.2) is 36.3 Å². The summed E-state index contributed by atoms with van der Waals surface area (Å²) in [7, 11) is 1.56. The van der Waals surface area contributed by atoms with Gasteiger partial charge in [0.1, 0.15) is 5.75 Å². The van der Waals surface area contributed by atoms with Crippen LogP contribution < -0.4 is 15.0 Å². The third-order valence-corrected chi connectivity index (χ3v) is 5.55. The third kappa shape index (κ3) is 4.54. The van der Waals surface area contributed by atoms with Crippen molar-refractivity contribution in [3.8, 4) is 17.0 Å². The van der Waals surface area contributed by atoms with Gasteiger partial charge in [-0.3, -0.25) is 4.79 Å². The number of benzene rings is 2. The van der Waals surface area contributed by atoms with E-state index >= 15 is 0 Å². The largest absolute Gasteiger partial charge is 0.495 e. The summed E-state index contributed by atoms with van der Waals surface area (Å²) in [6.45, 7) is 1.46. The molecule has 1 amide bonds. The molecule has 1 unspecified atom stereocenters. The fraction of sp³-hybridized carbons (Fsp3) is 0.261. The predicted octanol–water partition coefficient (Wildman–Crippen LogP) is 4.66. The van der Waals surface area contributed by atoms with Gasteiger partial charge < -0.3 is 15.0 Å².